The van der Waals surface area contributed by atoms with Crippen LogP contribution in [0, 0.1) is 6.92 Å². The molecule has 3 rings (SSSR count). The molecule has 0 unspecified atom stereocenters. The quantitative estimate of drug-likeness (QED) is 0.525. The number of para-hydroxylation sites is 1. The van der Waals surface area contributed by atoms with Crippen LogP contribution in [0.2, 0.25) is 0 Å². The molecule has 1 aliphatic rings. The van der Waals surface area contributed by atoms with Gasteiger partial charge in [0.15, 0.2) is 0 Å². The van der Waals surface area contributed by atoms with E-state index in [1.54, 1.807) is 18.2 Å². The van der Waals surface area contributed by atoms with Gasteiger partial charge in [-0.25, -0.2) is 0 Å². The van der Waals surface area contributed by atoms with Crippen LogP contribution in [0.4, 0.5) is 4.79 Å². The van der Waals surface area contributed by atoms with Crippen molar-refractivity contribution >= 4 is 40.8 Å². The predicted octanol–water partition coefficient (Wildman–Crippen LogP) is 2.20. The molecule has 2 aromatic carbocycles. The Labute approximate surface area is 170 Å². The summed E-state index contributed by atoms with van der Waals surface area (Å²) in [4.78, 5) is 49.6. The molecular formula is C20H17N3O5S. The van der Waals surface area contributed by atoms with Crippen molar-refractivity contribution in [3.05, 3.63) is 70.1 Å². The van der Waals surface area contributed by atoms with Gasteiger partial charge in [-0.3, -0.25) is 34.9 Å². The summed E-state index contributed by atoms with van der Waals surface area (Å²) < 4.78 is 0. The second-order valence-corrected chi connectivity index (χ2v) is 7.19. The molecule has 2 aromatic rings. The number of nitrogens with one attached hydrogen (secondary N) is 2. The number of hydrazine groups is 1. The maximum absolute atomic E-state index is 12.4. The summed E-state index contributed by atoms with van der Waals surface area (Å²) in [5.74, 6) is -2.31. The van der Waals surface area contributed by atoms with E-state index >= 15 is 0 Å². The van der Waals surface area contributed by atoms with Crippen molar-refractivity contribution in [3.8, 4) is 5.75 Å². The van der Waals surface area contributed by atoms with Crippen LogP contribution in [0.25, 0.3) is 6.08 Å². The monoisotopic (exact) mass is 411 g/mol. The second kappa shape index (κ2) is 8.61. The number of phenols is 1. The smallest absolute Gasteiger partial charge is 0.294 e. The number of rotatable bonds is 4. The first-order chi connectivity index (χ1) is 13.8. The third kappa shape index (κ3) is 4.82. The van der Waals surface area contributed by atoms with Crippen LogP contribution in [0.15, 0.2) is 53.4 Å². The highest BCUT2D eigenvalue weighted by molar-refractivity contribution is 8.18. The first-order valence-corrected chi connectivity index (χ1v) is 9.36. The van der Waals surface area contributed by atoms with E-state index in [0.717, 1.165) is 27.8 Å². The molecule has 1 saturated heterocycles. The number of aromatic hydroxyl groups is 1. The molecular weight excluding hydrogens is 394 g/mol. The van der Waals surface area contributed by atoms with Crippen LogP contribution >= 0.6 is 11.8 Å². The summed E-state index contributed by atoms with van der Waals surface area (Å²) in [5, 5.41) is 9.06. The third-order valence-corrected chi connectivity index (χ3v) is 4.92. The van der Waals surface area contributed by atoms with Crippen LogP contribution < -0.4 is 10.9 Å². The standard InChI is InChI=1S/C20H17N3O5S/c1-12-6-8-13(9-7-12)10-16-19(27)23(20(28)29-16)11-17(25)21-22-18(26)14-4-2-3-5-15(14)24/h2-10,24H,11H2,1H3,(H,21,25)(H,22,26)/b16-10-. The Hall–Kier alpha value is -3.59. The van der Waals surface area contributed by atoms with Gasteiger partial charge in [0.25, 0.3) is 23.0 Å². The lowest BCUT2D eigenvalue weighted by atomic mass is 10.1. The summed E-state index contributed by atoms with van der Waals surface area (Å²) in [6, 6.07) is 13.2. The lowest BCUT2D eigenvalue weighted by molar-refractivity contribution is -0.129. The zero-order valence-electron chi connectivity index (χ0n) is 15.3. The Morgan fingerprint density at radius 3 is 2.45 bits per heavy atom. The molecule has 4 amide bonds. The molecule has 0 atom stereocenters. The van der Waals surface area contributed by atoms with Gasteiger partial charge in [-0.15, -0.1) is 0 Å². The first kappa shape index (κ1) is 20.2. The molecule has 3 N–H and O–H groups in total. The fourth-order valence-corrected chi connectivity index (χ4v) is 3.33. The van der Waals surface area contributed by atoms with Crippen molar-refractivity contribution in [3.63, 3.8) is 0 Å². The minimum absolute atomic E-state index is 0.0278. The summed E-state index contributed by atoms with van der Waals surface area (Å²) >= 11 is 0.744. The van der Waals surface area contributed by atoms with Crippen molar-refractivity contribution in [2.24, 2.45) is 0 Å². The molecule has 0 bridgehead atoms. The molecule has 29 heavy (non-hydrogen) atoms. The Bertz CT molecular complexity index is 1020. The van der Waals surface area contributed by atoms with E-state index in [1.165, 1.54) is 12.1 Å². The molecule has 0 aromatic heterocycles. The van der Waals surface area contributed by atoms with Gasteiger partial charge in [-0.05, 0) is 42.5 Å². The minimum Gasteiger partial charge on any atom is -0.507 e. The Morgan fingerprint density at radius 1 is 1.07 bits per heavy atom. The maximum Gasteiger partial charge on any atom is 0.294 e. The van der Waals surface area contributed by atoms with E-state index in [4.69, 9.17) is 0 Å². The molecule has 0 aliphatic carbocycles. The number of carbonyl (C=O) groups excluding carboxylic acids is 4. The van der Waals surface area contributed by atoms with E-state index in [0.29, 0.717) is 0 Å². The van der Waals surface area contributed by atoms with Crippen molar-refractivity contribution in [2.45, 2.75) is 6.92 Å². The van der Waals surface area contributed by atoms with Crippen molar-refractivity contribution < 1.29 is 24.3 Å². The van der Waals surface area contributed by atoms with E-state index in [-0.39, 0.29) is 16.2 Å². The highest BCUT2D eigenvalue weighted by atomic mass is 32.2. The van der Waals surface area contributed by atoms with E-state index in [9.17, 15) is 24.3 Å². The Balaban J connectivity index is 1.59. The third-order valence-electron chi connectivity index (χ3n) is 4.01. The number of aryl methyl sites for hydroxylation is 1. The average molecular weight is 411 g/mol. The summed E-state index contributed by atoms with van der Waals surface area (Å²) in [6.45, 7) is 1.39. The maximum atomic E-state index is 12.4. The van der Waals surface area contributed by atoms with Gasteiger partial charge in [-0.2, -0.15) is 0 Å². The number of hydrogen-bond donors (Lipinski definition) is 3. The van der Waals surface area contributed by atoms with Crippen molar-refractivity contribution in [1.29, 1.82) is 0 Å². The van der Waals surface area contributed by atoms with Crippen LogP contribution in [0.3, 0.4) is 0 Å². The van der Waals surface area contributed by atoms with Gasteiger partial charge in [0.1, 0.15) is 12.3 Å². The molecule has 1 aliphatic heterocycles. The van der Waals surface area contributed by atoms with E-state index in [1.807, 2.05) is 31.2 Å². The minimum atomic E-state index is -0.757. The van der Waals surface area contributed by atoms with Crippen LogP contribution in [-0.2, 0) is 9.59 Å². The molecule has 0 spiro atoms. The normalized spacial score (nSPS) is 14.9. The Morgan fingerprint density at radius 2 is 1.76 bits per heavy atom. The van der Waals surface area contributed by atoms with Crippen LogP contribution in [-0.4, -0.2) is 39.5 Å². The van der Waals surface area contributed by atoms with Gasteiger partial charge in [-0.1, -0.05) is 42.0 Å². The second-order valence-electron chi connectivity index (χ2n) is 6.20. The zero-order valence-corrected chi connectivity index (χ0v) is 16.2. The van der Waals surface area contributed by atoms with Gasteiger partial charge < -0.3 is 5.11 Å². The largest absolute Gasteiger partial charge is 0.507 e. The van der Waals surface area contributed by atoms with Crippen LogP contribution in [0.1, 0.15) is 21.5 Å². The summed E-state index contributed by atoms with van der Waals surface area (Å²) in [6.07, 6.45) is 1.59. The average Bonchev–Trinajstić information content (AvgIpc) is 2.95. The number of nitrogens with zero attached hydrogens (tertiary/aromatic N) is 1. The van der Waals surface area contributed by atoms with Crippen molar-refractivity contribution in [1.82, 2.24) is 15.8 Å². The number of carbonyl (C=O) groups is 4. The molecule has 9 heteroatoms. The highest BCUT2D eigenvalue weighted by Crippen LogP contribution is 2.31. The summed E-state index contributed by atoms with van der Waals surface area (Å²) in [5.41, 5.74) is 6.06. The number of phenolic OH excluding ortho intramolecular Hbond substituents is 1. The lowest BCUT2D eigenvalue weighted by Crippen LogP contribution is -2.47. The Kier molecular flexibility index (Phi) is 5.99. The topological polar surface area (TPSA) is 116 Å². The fourth-order valence-electron chi connectivity index (χ4n) is 2.49. The molecule has 0 saturated carbocycles. The lowest BCUT2D eigenvalue weighted by Gasteiger charge is -2.13. The van der Waals surface area contributed by atoms with Crippen molar-refractivity contribution in [2.75, 3.05) is 6.54 Å². The van der Waals surface area contributed by atoms with Crippen LogP contribution in [0.5, 0.6) is 5.75 Å². The van der Waals surface area contributed by atoms with Gasteiger partial charge in [0.05, 0.1) is 10.5 Å². The first-order valence-electron chi connectivity index (χ1n) is 8.54. The summed E-state index contributed by atoms with van der Waals surface area (Å²) in [7, 11) is 0. The molecule has 148 valence electrons. The molecule has 1 heterocycles. The highest BCUT2D eigenvalue weighted by Gasteiger charge is 2.36. The van der Waals surface area contributed by atoms with Gasteiger partial charge in [0.2, 0.25) is 0 Å². The zero-order chi connectivity index (χ0) is 21.0. The fraction of sp³-hybridized carbons (Fsp3) is 0.100. The number of benzene rings is 2. The number of hydrogen-bond acceptors (Lipinski definition) is 6. The SMILES string of the molecule is Cc1ccc(/C=C2\SC(=O)N(CC(=O)NNC(=O)c3ccccc3O)C2=O)cc1. The van der Waals surface area contributed by atoms with E-state index in [2.05, 4.69) is 10.9 Å². The van der Waals surface area contributed by atoms with E-state index < -0.39 is 29.5 Å². The number of imide groups is 1. The molecule has 1 fully saturated rings. The molecule has 0 radical (unpaired) electrons. The molecule has 8 nitrogen and oxygen atoms in total. The number of thioether (sulfide) groups is 1. The van der Waals surface area contributed by atoms with Gasteiger partial charge >= 0.3 is 0 Å². The number of amides is 4. The van der Waals surface area contributed by atoms with Gasteiger partial charge in [0, 0.05) is 0 Å². The predicted molar refractivity (Wildman–Crippen MR) is 108 cm³/mol.